The van der Waals surface area contributed by atoms with Crippen LogP contribution in [0.1, 0.15) is 139 Å². The van der Waals surface area contributed by atoms with Crippen molar-refractivity contribution in [2.24, 2.45) is 86.7 Å². The van der Waals surface area contributed by atoms with Crippen molar-refractivity contribution in [2.45, 2.75) is 212 Å². The third-order valence-corrected chi connectivity index (χ3v) is 12.4. The molecule has 0 unspecified atom stereocenters. The Morgan fingerprint density at radius 3 is 0.989 bits per heavy atom. The van der Waals surface area contributed by atoms with Gasteiger partial charge in [0, 0.05) is 11.5 Å². The minimum absolute atomic E-state index is 0.0208. The van der Waals surface area contributed by atoms with Gasteiger partial charge in [-0.3, -0.25) is 43.2 Å². The highest BCUT2D eigenvalue weighted by Gasteiger charge is 2.29. The van der Waals surface area contributed by atoms with Crippen molar-refractivity contribution in [2.75, 3.05) is 37.7 Å². The highest BCUT2D eigenvalue weighted by atomic mass is 32.1. The lowest BCUT2D eigenvalue weighted by atomic mass is 10.0. The predicted octanol–water partition coefficient (Wildman–Crippen LogP) is -2.47. The van der Waals surface area contributed by atoms with Crippen molar-refractivity contribution in [3.05, 3.63) is 0 Å². The number of esters is 3. The molecule has 0 bridgehead atoms. The lowest BCUT2D eigenvalue weighted by Gasteiger charge is -2.20. The maximum absolute atomic E-state index is 11.5. The quantitative estimate of drug-likeness (QED) is 0.0160. The van der Waals surface area contributed by atoms with E-state index in [0.717, 1.165) is 58.0 Å². The van der Waals surface area contributed by atoms with Crippen molar-refractivity contribution < 1.29 is 103 Å². The highest BCUT2D eigenvalue weighted by Crippen LogP contribution is 2.10. The Morgan fingerprint density at radius 2 is 0.767 bits per heavy atom. The zero-order valence-electron chi connectivity index (χ0n) is 53.6. The first-order valence-corrected chi connectivity index (χ1v) is 30.3. The number of carboxylic acids is 8. The summed E-state index contributed by atoms with van der Waals surface area (Å²) < 4.78 is 9.60. The van der Waals surface area contributed by atoms with Gasteiger partial charge in [-0.2, -0.15) is 25.3 Å². The summed E-state index contributed by atoms with van der Waals surface area (Å²) in [5, 5.41) is 71.9. The molecule has 2 rings (SSSR count). The van der Waals surface area contributed by atoms with Gasteiger partial charge in [0.15, 0.2) is 0 Å². The number of carbonyl (C=O) groups is 11. The summed E-state index contributed by atoms with van der Waals surface area (Å²) in [4.78, 5) is 115. The number of aliphatic carboxylic acids is 8. The second-order valence-electron chi connectivity index (χ2n) is 21.8. The molecule has 532 valence electrons. The minimum Gasteiger partial charge on any atom is -0.480 e. The Hall–Kier alpha value is -5.45. The maximum atomic E-state index is 11.5. The lowest BCUT2D eigenvalue weighted by Crippen LogP contribution is -2.45. The van der Waals surface area contributed by atoms with Crippen molar-refractivity contribution >= 4 is 90.9 Å². The number of nitrogens with one attached hydrogen (secondary N) is 2. The molecule has 0 aromatic carbocycles. The molecule has 2 heterocycles. The van der Waals surface area contributed by atoms with Crippen LogP contribution < -0.4 is 73.7 Å². The van der Waals surface area contributed by atoms with Gasteiger partial charge in [-0.1, -0.05) is 68.2 Å². The van der Waals surface area contributed by atoms with Gasteiger partial charge >= 0.3 is 65.7 Å². The fourth-order valence-electron chi connectivity index (χ4n) is 5.77. The molecule has 2 aliphatic heterocycles. The van der Waals surface area contributed by atoms with Crippen molar-refractivity contribution in [1.82, 2.24) is 10.6 Å². The molecule has 36 heteroatoms. The molecule has 0 aliphatic carbocycles. The van der Waals surface area contributed by atoms with Crippen LogP contribution in [-0.4, -0.2) is 217 Å². The van der Waals surface area contributed by atoms with Gasteiger partial charge in [0.2, 0.25) is 0 Å². The first kappa shape index (κ1) is 98.1. The second-order valence-corrected chi connectivity index (χ2v) is 22.5. The first-order chi connectivity index (χ1) is 41.4. The van der Waals surface area contributed by atoms with Gasteiger partial charge in [0.05, 0.1) is 0 Å². The van der Waals surface area contributed by atoms with E-state index >= 15 is 0 Å². The van der Waals surface area contributed by atoms with E-state index in [9.17, 15) is 52.7 Å². The van der Waals surface area contributed by atoms with Crippen LogP contribution in [0.2, 0.25) is 0 Å². The number of rotatable bonds is 29. The summed E-state index contributed by atoms with van der Waals surface area (Å²) >= 11 is 7.30. The van der Waals surface area contributed by atoms with E-state index in [1.165, 1.54) is 6.92 Å². The summed E-state index contributed by atoms with van der Waals surface area (Å²) in [5.74, 6) is -8.36. The first-order valence-electron chi connectivity index (χ1n) is 29.1. The molecule has 0 spiro atoms. The molecule has 0 saturated carbocycles. The Morgan fingerprint density at radius 1 is 0.433 bits per heavy atom. The zero-order chi connectivity index (χ0) is 72.1. The number of hydrogen-bond acceptors (Lipinski definition) is 28. The molecule has 0 aromatic heterocycles. The average molecular weight is 1340 g/mol. The summed E-state index contributed by atoms with van der Waals surface area (Å²) in [6, 6.07) is -7.77. The minimum atomic E-state index is -1.23. The Kier molecular flexibility index (Phi) is 65.2. The van der Waals surface area contributed by atoms with Crippen molar-refractivity contribution in [3.63, 3.8) is 0 Å². The molecule has 90 heavy (non-hydrogen) atoms. The number of hydrogen-bond donors (Lipinski definition) is 23. The van der Waals surface area contributed by atoms with Crippen LogP contribution in [0.25, 0.3) is 0 Å². The van der Waals surface area contributed by atoms with E-state index in [1.807, 2.05) is 27.7 Å². The summed E-state index contributed by atoms with van der Waals surface area (Å²) in [6.07, 6.45) is 7.84. The van der Waals surface area contributed by atoms with Gasteiger partial charge < -0.3 is 124 Å². The Bertz CT molecular complexity index is 1930. The standard InChI is InChI=1S/C11H21N3O3.C10H20N2O4.C6H14N2O2.C6H13NO2.C5H9NO2.2C5H11NO2.2C3H7NO2S/c12-6-2-1-4-8(13)10(15)17-11(16)9-5-3-7-14-9;1-5(2)4-7(11)10(15)16-6(3)8(12)9(13)14;7-4-2-1-3-5(8)6(9)10;1-4(2)3-5(7)6(8)9;7-5(8)4-2-1-3-6-4;2*1-3(2)4(6)5(7)8;2*4-2(1-7)3(5)6/h8-9,14H,1-7,12-13H2;5-8H,4,11-12H2,1-3H3,(H,13,14);5H,1-4,7-8H2,(H,9,10);4-5H,3,7H2,1-2H3,(H,8,9);4,6H,1-3H2,(H,7,8);2*3-4H,6H2,1-2H3,(H,7,8);2*2,7H,1,4H2,(H,5,6)/t8-,9-;6-,7+,8+;2*5-;3*4-;2*2-/m010000000/s1. The summed E-state index contributed by atoms with van der Waals surface area (Å²) in [5.41, 5.74) is 57.7. The Labute approximate surface area is 539 Å². The largest absolute Gasteiger partial charge is 0.480 e. The fraction of sp³-hybridized carbons (Fsp3) is 0.796. The number of thiol groups is 2. The number of nitrogens with two attached hydrogens (primary N) is 11. The molecular formula is C54H113N13O21S2. The molecule has 0 radical (unpaired) electrons. The fourth-order valence-corrected chi connectivity index (χ4v) is 6.08. The van der Waals surface area contributed by atoms with E-state index in [4.69, 9.17) is 113 Å². The van der Waals surface area contributed by atoms with Crippen LogP contribution in [0.3, 0.4) is 0 Å². The normalized spacial score (nSPS) is 16.9. The summed E-state index contributed by atoms with van der Waals surface area (Å²) in [6.45, 7) is 19.1. The van der Waals surface area contributed by atoms with Crippen LogP contribution in [0.5, 0.6) is 0 Å². The molecule has 2 aliphatic rings. The van der Waals surface area contributed by atoms with E-state index in [-0.39, 0.29) is 41.3 Å². The van der Waals surface area contributed by atoms with Crippen LogP contribution in [0.4, 0.5) is 0 Å². The molecular weight excluding hydrogens is 1230 g/mol. The Balaban J connectivity index is -0.000000176. The van der Waals surface area contributed by atoms with E-state index in [1.54, 1.807) is 27.7 Å². The number of carboxylic acid groups (broad SMARTS) is 8. The van der Waals surface area contributed by atoms with Gasteiger partial charge in [-0.05, 0) is 121 Å². The van der Waals surface area contributed by atoms with Crippen LogP contribution >= 0.6 is 25.3 Å². The van der Waals surface area contributed by atoms with E-state index in [0.29, 0.717) is 51.1 Å². The molecule has 34 nitrogen and oxygen atoms in total. The molecule has 2 fully saturated rings. The van der Waals surface area contributed by atoms with Gasteiger partial charge in [0.25, 0.3) is 0 Å². The lowest BCUT2D eigenvalue weighted by molar-refractivity contribution is -0.162. The van der Waals surface area contributed by atoms with E-state index in [2.05, 4.69) is 35.9 Å². The van der Waals surface area contributed by atoms with Gasteiger partial charge in [0.1, 0.15) is 72.6 Å². The monoisotopic (exact) mass is 1340 g/mol. The third-order valence-electron chi connectivity index (χ3n) is 11.7. The maximum Gasteiger partial charge on any atom is 0.330 e. The van der Waals surface area contributed by atoms with Crippen LogP contribution in [0.15, 0.2) is 0 Å². The van der Waals surface area contributed by atoms with Crippen LogP contribution in [0, 0.1) is 23.7 Å². The molecule has 0 amide bonds. The molecule has 2 saturated heterocycles. The average Bonchev–Trinajstić information content (AvgIpc) is 4.22. The molecule has 32 N–H and O–H groups in total. The second kappa shape index (κ2) is 59.8. The topological polar surface area (TPSA) is 678 Å². The SMILES string of the molecule is CC(C)C[C@H](N)C(=O)O.CC(C)C[C@H](N)C(=O)O[C@H](C)[C@H](N)C(=O)O.CC(C)[C@H](N)C(=O)O.CC(C)[C@H](N)C(=O)O.NCCCC[C@H](N)C(=O)O.NCCCC[C@H](N)C(=O)OC(=O)[C@@H]1CCCN1.N[C@@H](CS)C(=O)O.N[C@@H](CS)C(=O)O.O=C(O)[C@@H]1CCCN1. The molecule has 0 aromatic rings. The number of carbonyl (C=O) groups excluding carboxylic acids is 3. The number of ether oxygens (including phenoxy) is 2. The van der Waals surface area contributed by atoms with Gasteiger partial charge in [-0.15, -0.1) is 0 Å². The van der Waals surface area contributed by atoms with E-state index < -0.39 is 126 Å². The molecule has 12 atom stereocenters. The zero-order valence-corrected chi connectivity index (χ0v) is 55.4. The number of unbranched alkanes of at least 4 members (excludes halogenated alkanes) is 2. The van der Waals surface area contributed by atoms with Gasteiger partial charge in [-0.25, -0.2) is 9.59 Å². The smallest absolute Gasteiger partial charge is 0.330 e. The van der Waals surface area contributed by atoms with Crippen LogP contribution in [-0.2, 0) is 62.2 Å². The van der Waals surface area contributed by atoms with Crippen molar-refractivity contribution in [3.8, 4) is 0 Å². The summed E-state index contributed by atoms with van der Waals surface area (Å²) in [7, 11) is 0. The van der Waals surface area contributed by atoms with Crippen molar-refractivity contribution in [1.29, 1.82) is 0 Å². The highest BCUT2D eigenvalue weighted by molar-refractivity contribution is 7.80. The predicted molar refractivity (Wildman–Crippen MR) is 344 cm³/mol. The third kappa shape index (κ3) is 61.4.